The minimum absolute atomic E-state index is 0.00830. The number of methoxy groups -OCH3 is 1. The van der Waals surface area contributed by atoms with E-state index in [-0.39, 0.29) is 23.0 Å². The van der Waals surface area contributed by atoms with Crippen LogP contribution in [0.15, 0.2) is 18.2 Å². The van der Waals surface area contributed by atoms with Crippen LogP contribution in [-0.4, -0.2) is 19.5 Å². The molecule has 0 spiro atoms. The third kappa shape index (κ3) is 2.50. The summed E-state index contributed by atoms with van der Waals surface area (Å²) in [7, 11) is 1.41. The summed E-state index contributed by atoms with van der Waals surface area (Å²) in [4.78, 5) is 11.2. The van der Waals surface area contributed by atoms with Crippen molar-refractivity contribution in [2.24, 2.45) is 0 Å². The smallest absolute Gasteiger partial charge is 0.188 e. The molecule has 0 unspecified atom stereocenters. The molecule has 1 aromatic rings. The van der Waals surface area contributed by atoms with Crippen molar-refractivity contribution < 1.29 is 13.9 Å². The quantitative estimate of drug-likeness (QED) is 0.704. The van der Waals surface area contributed by atoms with Crippen molar-refractivity contribution in [2.45, 2.75) is 0 Å². The molecule has 0 aromatic heterocycles. The van der Waals surface area contributed by atoms with Gasteiger partial charge in [0, 0.05) is 12.7 Å². The van der Waals surface area contributed by atoms with Gasteiger partial charge in [-0.1, -0.05) is 11.6 Å². The number of ketones is 1. The molecule has 1 aromatic carbocycles. The number of carbonyl (C=O) groups excluding carboxylic acids is 1. The highest BCUT2D eigenvalue weighted by Gasteiger charge is 2.07. The molecule has 70 valence electrons. The highest BCUT2D eigenvalue weighted by molar-refractivity contribution is 6.30. The monoisotopic (exact) mass is 202 g/mol. The standard InChI is InChI=1S/C9H8ClFO2/c1-13-5-9(12)6-2-3-7(10)8(11)4-6/h2-4H,5H2,1H3. The van der Waals surface area contributed by atoms with Gasteiger partial charge >= 0.3 is 0 Å². The van der Waals surface area contributed by atoms with Crippen molar-refractivity contribution >= 4 is 17.4 Å². The van der Waals surface area contributed by atoms with Crippen LogP contribution in [0.25, 0.3) is 0 Å². The summed E-state index contributed by atoms with van der Waals surface area (Å²) in [6, 6.07) is 3.91. The molecular weight excluding hydrogens is 195 g/mol. The lowest BCUT2D eigenvalue weighted by Gasteiger charge is -2.00. The molecule has 0 amide bonds. The molecule has 0 heterocycles. The highest BCUT2D eigenvalue weighted by atomic mass is 35.5. The second kappa shape index (κ2) is 4.35. The van der Waals surface area contributed by atoms with Crippen LogP contribution in [-0.2, 0) is 4.74 Å². The SMILES string of the molecule is COCC(=O)c1ccc(Cl)c(F)c1. The van der Waals surface area contributed by atoms with Crippen LogP contribution in [0.2, 0.25) is 5.02 Å². The number of hydrogen-bond donors (Lipinski definition) is 0. The van der Waals surface area contributed by atoms with Crippen LogP contribution in [0.4, 0.5) is 4.39 Å². The minimum atomic E-state index is -0.594. The van der Waals surface area contributed by atoms with Crippen molar-refractivity contribution in [2.75, 3.05) is 13.7 Å². The van der Waals surface area contributed by atoms with E-state index in [1.54, 1.807) is 0 Å². The maximum Gasteiger partial charge on any atom is 0.188 e. The van der Waals surface area contributed by atoms with Crippen LogP contribution in [0.1, 0.15) is 10.4 Å². The van der Waals surface area contributed by atoms with Crippen LogP contribution in [0.5, 0.6) is 0 Å². The molecule has 4 heteroatoms. The molecule has 0 bridgehead atoms. The second-order valence-corrected chi connectivity index (χ2v) is 2.89. The van der Waals surface area contributed by atoms with Gasteiger partial charge in [-0.15, -0.1) is 0 Å². The lowest BCUT2D eigenvalue weighted by molar-refractivity contribution is 0.0847. The number of ether oxygens (including phenoxy) is 1. The van der Waals surface area contributed by atoms with Gasteiger partial charge in [0.05, 0.1) is 5.02 Å². The summed E-state index contributed by atoms with van der Waals surface area (Å²) in [5.41, 5.74) is 0.267. The van der Waals surface area contributed by atoms with E-state index in [0.29, 0.717) is 0 Å². The molecular formula is C9H8ClFO2. The Balaban J connectivity index is 2.90. The molecule has 0 aliphatic rings. The molecule has 0 aliphatic heterocycles. The average molecular weight is 203 g/mol. The summed E-state index contributed by atoms with van der Waals surface area (Å²) >= 11 is 5.44. The first-order valence-corrected chi connectivity index (χ1v) is 4.00. The van der Waals surface area contributed by atoms with Crippen LogP contribution in [0.3, 0.4) is 0 Å². The van der Waals surface area contributed by atoms with Crippen LogP contribution < -0.4 is 0 Å². The Morgan fingerprint density at radius 1 is 1.62 bits per heavy atom. The normalized spacial score (nSPS) is 10.1. The van der Waals surface area contributed by atoms with Gasteiger partial charge in [-0.05, 0) is 18.2 Å². The molecule has 0 radical (unpaired) electrons. The van der Waals surface area contributed by atoms with Gasteiger partial charge in [-0.25, -0.2) is 4.39 Å². The fourth-order valence-electron chi connectivity index (χ4n) is 0.884. The Morgan fingerprint density at radius 3 is 2.85 bits per heavy atom. The lowest BCUT2D eigenvalue weighted by atomic mass is 10.1. The Bertz CT molecular complexity index is 325. The van der Waals surface area contributed by atoms with E-state index in [9.17, 15) is 9.18 Å². The summed E-state index contributed by atoms with van der Waals surface area (Å²) in [6.45, 7) is -0.0545. The van der Waals surface area contributed by atoms with E-state index in [2.05, 4.69) is 4.74 Å². The summed E-state index contributed by atoms with van der Waals surface area (Å²) in [5, 5.41) is 0.00830. The third-order valence-electron chi connectivity index (χ3n) is 1.52. The van der Waals surface area contributed by atoms with E-state index in [4.69, 9.17) is 11.6 Å². The zero-order chi connectivity index (χ0) is 9.84. The molecule has 0 aliphatic carbocycles. The van der Waals surface area contributed by atoms with E-state index >= 15 is 0 Å². The zero-order valence-electron chi connectivity index (χ0n) is 7.01. The summed E-state index contributed by atoms with van der Waals surface area (Å²) in [5.74, 6) is -0.860. The van der Waals surface area contributed by atoms with Crippen molar-refractivity contribution in [1.82, 2.24) is 0 Å². The number of halogens is 2. The average Bonchev–Trinajstić information content (AvgIpc) is 2.10. The molecule has 2 nitrogen and oxygen atoms in total. The molecule has 13 heavy (non-hydrogen) atoms. The topological polar surface area (TPSA) is 26.3 Å². The van der Waals surface area contributed by atoms with Gasteiger partial charge in [0.25, 0.3) is 0 Å². The van der Waals surface area contributed by atoms with Gasteiger partial charge in [0.2, 0.25) is 0 Å². The first kappa shape index (κ1) is 10.2. The zero-order valence-corrected chi connectivity index (χ0v) is 7.77. The number of rotatable bonds is 3. The Hall–Kier alpha value is -0.930. The second-order valence-electron chi connectivity index (χ2n) is 2.49. The fourth-order valence-corrected chi connectivity index (χ4v) is 1.00. The minimum Gasteiger partial charge on any atom is -0.377 e. The van der Waals surface area contributed by atoms with Gasteiger partial charge in [-0.2, -0.15) is 0 Å². The Kier molecular flexibility index (Phi) is 3.39. The molecule has 0 saturated carbocycles. The van der Waals surface area contributed by atoms with Gasteiger partial charge < -0.3 is 4.74 Å². The number of hydrogen-bond acceptors (Lipinski definition) is 2. The van der Waals surface area contributed by atoms with E-state index in [1.165, 1.54) is 19.2 Å². The first-order chi connectivity index (χ1) is 6.15. The maximum atomic E-state index is 12.9. The maximum absolute atomic E-state index is 12.9. The van der Waals surface area contributed by atoms with Crippen LogP contribution >= 0.6 is 11.6 Å². The molecule has 0 N–H and O–H groups in total. The lowest BCUT2D eigenvalue weighted by Crippen LogP contribution is -2.07. The third-order valence-corrected chi connectivity index (χ3v) is 1.82. The predicted molar refractivity (Wildman–Crippen MR) is 47.6 cm³/mol. The molecule has 0 fully saturated rings. The molecule has 1 rings (SSSR count). The van der Waals surface area contributed by atoms with E-state index in [1.807, 2.05) is 0 Å². The summed E-state index contributed by atoms with van der Waals surface area (Å²) in [6.07, 6.45) is 0. The number of carbonyl (C=O) groups is 1. The van der Waals surface area contributed by atoms with E-state index in [0.717, 1.165) is 6.07 Å². The Morgan fingerprint density at radius 2 is 2.31 bits per heavy atom. The van der Waals surface area contributed by atoms with Crippen molar-refractivity contribution in [3.8, 4) is 0 Å². The van der Waals surface area contributed by atoms with Crippen molar-refractivity contribution in [3.63, 3.8) is 0 Å². The highest BCUT2D eigenvalue weighted by Crippen LogP contribution is 2.15. The number of Topliss-reactive ketones (excluding diaryl/α,β-unsaturated/α-hetero) is 1. The fraction of sp³-hybridized carbons (Fsp3) is 0.222. The first-order valence-electron chi connectivity index (χ1n) is 3.62. The molecule has 0 atom stereocenters. The van der Waals surface area contributed by atoms with Crippen molar-refractivity contribution in [1.29, 1.82) is 0 Å². The predicted octanol–water partition coefficient (Wildman–Crippen LogP) is 2.31. The Labute approximate surface area is 80.3 Å². The van der Waals surface area contributed by atoms with Gasteiger partial charge in [0.15, 0.2) is 5.78 Å². The van der Waals surface area contributed by atoms with Crippen LogP contribution in [0, 0.1) is 5.82 Å². The van der Waals surface area contributed by atoms with Gasteiger partial charge in [0.1, 0.15) is 12.4 Å². The van der Waals surface area contributed by atoms with Crippen molar-refractivity contribution in [3.05, 3.63) is 34.6 Å². The van der Waals surface area contributed by atoms with Gasteiger partial charge in [-0.3, -0.25) is 4.79 Å². The molecule has 0 saturated heterocycles. The largest absolute Gasteiger partial charge is 0.377 e. The summed E-state index contributed by atoms with van der Waals surface area (Å²) < 4.78 is 17.5. The number of benzene rings is 1. The van der Waals surface area contributed by atoms with E-state index < -0.39 is 5.82 Å².